The van der Waals surface area contributed by atoms with Crippen molar-refractivity contribution in [2.24, 2.45) is 5.10 Å². The van der Waals surface area contributed by atoms with Gasteiger partial charge in [0, 0.05) is 25.1 Å². The van der Waals surface area contributed by atoms with Crippen LogP contribution in [-0.2, 0) is 9.59 Å². The van der Waals surface area contributed by atoms with Crippen LogP contribution >= 0.6 is 0 Å². The molecule has 25 heavy (non-hydrogen) atoms. The highest BCUT2D eigenvalue weighted by atomic mass is 16.5. The number of ether oxygens (including phenoxy) is 1. The molecular formula is C18H17N3O4. The highest BCUT2D eigenvalue weighted by Gasteiger charge is 2.04. The van der Waals surface area contributed by atoms with E-state index in [2.05, 4.69) is 15.8 Å². The van der Waals surface area contributed by atoms with Crippen LogP contribution in [0.4, 0.5) is 5.69 Å². The summed E-state index contributed by atoms with van der Waals surface area (Å²) in [5.41, 5.74) is 4.17. The lowest BCUT2D eigenvalue weighted by atomic mass is 10.2. The second-order valence-corrected chi connectivity index (χ2v) is 5.12. The maximum atomic E-state index is 12.0. The number of carbonyl (C=O) groups excluding carboxylic acids is 3. The lowest BCUT2D eigenvalue weighted by Crippen LogP contribution is -2.17. The van der Waals surface area contributed by atoms with Crippen LogP contribution in [0.3, 0.4) is 0 Å². The normalized spacial score (nSPS) is 10.3. The van der Waals surface area contributed by atoms with Gasteiger partial charge in [-0.3, -0.25) is 14.4 Å². The molecule has 0 radical (unpaired) electrons. The smallest absolute Gasteiger partial charge is 0.308 e. The molecule has 0 bridgehead atoms. The summed E-state index contributed by atoms with van der Waals surface area (Å²) in [6, 6.07) is 13.1. The minimum Gasteiger partial charge on any atom is -0.427 e. The predicted molar refractivity (Wildman–Crippen MR) is 93.6 cm³/mol. The molecule has 2 rings (SSSR count). The summed E-state index contributed by atoms with van der Waals surface area (Å²) in [7, 11) is 0. The summed E-state index contributed by atoms with van der Waals surface area (Å²) in [6.07, 6.45) is 1.47. The van der Waals surface area contributed by atoms with Gasteiger partial charge in [-0.1, -0.05) is 0 Å². The van der Waals surface area contributed by atoms with E-state index in [9.17, 15) is 14.4 Å². The van der Waals surface area contributed by atoms with Gasteiger partial charge in [0.15, 0.2) is 0 Å². The van der Waals surface area contributed by atoms with Crippen LogP contribution in [0.25, 0.3) is 0 Å². The molecule has 2 aromatic rings. The van der Waals surface area contributed by atoms with E-state index in [4.69, 9.17) is 4.74 Å². The molecule has 0 saturated carbocycles. The zero-order valence-electron chi connectivity index (χ0n) is 13.8. The third kappa shape index (κ3) is 5.91. The van der Waals surface area contributed by atoms with Gasteiger partial charge in [0.2, 0.25) is 5.91 Å². The predicted octanol–water partition coefficient (Wildman–Crippen LogP) is 2.33. The number of benzene rings is 2. The Labute approximate surface area is 144 Å². The van der Waals surface area contributed by atoms with E-state index in [0.29, 0.717) is 17.0 Å². The molecule has 7 heteroatoms. The molecule has 0 unspecified atom stereocenters. The molecule has 2 aromatic carbocycles. The van der Waals surface area contributed by atoms with E-state index in [1.807, 2.05) is 0 Å². The first-order chi connectivity index (χ1) is 11.9. The molecule has 2 N–H and O–H groups in total. The summed E-state index contributed by atoms with van der Waals surface area (Å²) < 4.78 is 4.92. The van der Waals surface area contributed by atoms with Crippen molar-refractivity contribution < 1.29 is 19.1 Å². The van der Waals surface area contributed by atoms with Gasteiger partial charge in [0.1, 0.15) is 5.75 Å². The molecule has 0 atom stereocenters. The van der Waals surface area contributed by atoms with Gasteiger partial charge in [-0.25, -0.2) is 5.43 Å². The Kier molecular flexibility index (Phi) is 6.00. The molecular weight excluding hydrogens is 322 g/mol. The third-order valence-electron chi connectivity index (χ3n) is 2.99. The van der Waals surface area contributed by atoms with Gasteiger partial charge < -0.3 is 10.1 Å². The first-order valence-electron chi connectivity index (χ1n) is 7.43. The van der Waals surface area contributed by atoms with E-state index in [-0.39, 0.29) is 11.8 Å². The van der Waals surface area contributed by atoms with E-state index < -0.39 is 5.97 Å². The monoisotopic (exact) mass is 339 g/mol. The standard InChI is InChI=1S/C18H17N3O4/c1-12(22)20-16-7-5-15(6-8-16)18(24)21-19-11-14-3-9-17(10-4-14)25-13(2)23/h3-11H,1-2H3,(H,20,22)(H,21,24)/b19-11-. The second kappa shape index (κ2) is 8.39. The van der Waals surface area contributed by atoms with E-state index in [1.54, 1.807) is 48.5 Å². The molecule has 0 heterocycles. The number of amides is 2. The molecule has 7 nitrogen and oxygen atoms in total. The van der Waals surface area contributed by atoms with E-state index in [0.717, 1.165) is 5.56 Å². The van der Waals surface area contributed by atoms with Crippen LogP contribution in [0.1, 0.15) is 29.8 Å². The van der Waals surface area contributed by atoms with Crippen molar-refractivity contribution >= 4 is 29.7 Å². The van der Waals surface area contributed by atoms with Crippen molar-refractivity contribution in [1.82, 2.24) is 5.43 Å². The number of nitrogens with zero attached hydrogens (tertiary/aromatic N) is 1. The van der Waals surface area contributed by atoms with Crippen molar-refractivity contribution in [1.29, 1.82) is 0 Å². The van der Waals surface area contributed by atoms with E-state index >= 15 is 0 Å². The van der Waals surface area contributed by atoms with Crippen LogP contribution in [-0.4, -0.2) is 24.0 Å². The van der Waals surface area contributed by atoms with Crippen molar-refractivity contribution in [3.05, 3.63) is 59.7 Å². The van der Waals surface area contributed by atoms with Crippen LogP contribution in [0.5, 0.6) is 5.75 Å². The topological polar surface area (TPSA) is 96.9 Å². The van der Waals surface area contributed by atoms with Crippen LogP contribution < -0.4 is 15.5 Å². The molecule has 0 spiro atoms. The Morgan fingerprint density at radius 2 is 1.60 bits per heavy atom. The fraction of sp³-hybridized carbons (Fsp3) is 0.111. The highest BCUT2D eigenvalue weighted by Crippen LogP contribution is 2.11. The molecule has 128 valence electrons. The lowest BCUT2D eigenvalue weighted by Gasteiger charge is -2.04. The number of anilines is 1. The van der Waals surface area contributed by atoms with Gasteiger partial charge in [-0.05, 0) is 54.1 Å². The maximum absolute atomic E-state index is 12.0. The Morgan fingerprint density at radius 3 is 2.16 bits per heavy atom. The molecule has 2 amide bonds. The molecule has 0 aliphatic rings. The number of rotatable bonds is 5. The lowest BCUT2D eigenvalue weighted by molar-refractivity contribution is -0.131. The van der Waals surface area contributed by atoms with Crippen molar-refractivity contribution in [3.8, 4) is 5.75 Å². The minimum absolute atomic E-state index is 0.179. The largest absolute Gasteiger partial charge is 0.427 e. The van der Waals surface area contributed by atoms with Crippen LogP contribution in [0.15, 0.2) is 53.6 Å². The quantitative estimate of drug-likeness (QED) is 0.378. The maximum Gasteiger partial charge on any atom is 0.308 e. The summed E-state index contributed by atoms with van der Waals surface area (Å²) in [5.74, 6) is -0.505. The molecule has 0 aliphatic heterocycles. The SMILES string of the molecule is CC(=O)Nc1ccc(C(=O)N/N=C\c2ccc(OC(C)=O)cc2)cc1. The number of hydrogen-bond donors (Lipinski definition) is 2. The summed E-state index contributed by atoms with van der Waals surface area (Å²) in [5, 5.41) is 6.50. The third-order valence-corrected chi connectivity index (χ3v) is 2.99. The van der Waals surface area contributed by atoms with E-state index in [1.165, 1.54) is 20.1 Å². The number of hydrazone groups is 1. The summed E-state index contributed by atoms with van der Waals surface area (Å²) >= 11 is 0. The van der Waals surface area contributed by atoms with Crippen molar-refractivity contribution in [2.75, 3.05) is 5.32 Å². The fourth-order valence-electron chi connectivity index (χ4n) is 1.93. The molecule has 0 aliphatic carbocycles. The van der Waals surface area contributed by atoms with Gasteiger partial charge in [-0.15, -0.1) is 0 Å². The Balaban J connectivity index is 1.91. The Hall–Kier alpha value is -3.48. The first-order valence-corrected chi connectivity index (χ1v) is 7.43. The van der Waals surface area contributed by atoms with Crippen molar-refractivity contribution in [2.45, 2.75) is 13.8 Å². The second-order valence-electron chi connectivity index (χ2n) is 5.12. The van der Waals surface area contributed by atoms with Gasteiger partial charge in [0.05, 0.1) is 6.21 Å². The number of hydrogen-bond acceptors (Lipinski definition) is 5. The average Bonchev–Trinajstić information content (AvgIpc) is 2.56. The van der Waals surface area contributed by atoms with Crippen LogP contribution in [0, 0.1) is 0 Å². The molecule has 0 fully saturated rings. The highest BCUT2D eigenvalue weighted by molar-refractivity contribution is 5.96. The average molecular weight is 339 g/mol. The first kappa shape index (κ1) is 17.9. The zero-order valence-corrected chi connectivity index (χ0v) is 13.8. The minimum atomic E-state index is -0.391. The fourth-order valence-corrected chi connectivity index (χ4v) is 1.93. The van der Waals surface area contributed by atoms with Crippen LogP contribution in [0.2, 0.25) is 0 Å². The molecule has 0 aromatic heterocycles. The number of carbonyl (C=O) groups is 3. The van der Waals surface area contributed by atoms with Gasteiger partial charge in [-0.2, -0.15) is 5.10 Å². The Morgan fingerprint density at radius 1 is 0.960 bits per heavy atom. The summed E-state index contributed by atoms with van der Waals surface area (Å²) in [4.78, 5) is 33.8. The Bertz CT molecular complexity index is 796. The molecule has 0 saturated heterocycles. The summed E-state index contributed by atoms with van der Waals surface area (Å²) in [6.45, 7) is 2.74. The number of nitrogens with one attached hydrogen (secondary N) is 2. The van der Waals surface area contributed by atoms with Gasteiger partial charge >= 0.3 is 5.97 Å². The zero-order chi connectivity index (χ0) is 18.2. The number of esters is 1. The van der Waals surface area contributed by atoms with Gasteiger partial charge in [0.25, 0.3) is 5.91 Å². The van der Waals surface area contributed by atoms with Crippen molar-refractivity contribution in [3.63, 3.8) is 0 Å².